The number of aryl methyl sites for hydroxylation is 1. The van der Waals surface area contributed by atoms with E-state index in [9.17, 15) is 4.79 Å². The zero-order valence-corrected chi connectivity index (χ0v) is 19.0. The van der Waals surface area contributed by atoms with Crippen molar-refractivity contribution in [3.05, 3.63) is 70.2 Å². The highest BCUT2D eigenvalue weighted by atomic mass is 79.9. The number of hydrogen-bond donors (Lipinski definition) is 0. The van der Waals surface area contributed by atoms with Gasteiger partial charge >= 0.3 is 0 Å². The van der Waals surface area contributed by atoms with Crippen LogP contribution in [0.4, 0.5) is 0 Å². The fraction of sp³-hybridized carbons (Fsp3) is 0.261. The average Bonchev–Trinajstić information content (AvgIpc) is 3.33. The zero-order valence-electron chi connectivity index (χ0n) is 17.4. The molecule has 0 unspecified atom stereocenters. The van der Waals surface area contributed by atoms with Crippen molar-refractivity contribution in [1.82, 2.24) is 19.7 Å². The maximum atomic E-state index is 13.4. The minimum atomic E-state index is -0.105. The lowest BCUT2D eigenvalue weighted by Crippen LogP contribution is -2.26. The summed E-state index contributed by atoms with van der Waals surface area (Å²) in [4.78, 5) is 19.9. The van der Waals surface area contributed by atoms with Crippen molar-refractivity contribution < 1.29 is 9.21 Å². The largest absolute Gasteiger partial charge is 0.452 e. The number of halogens is 1. The number of hydrogen-bond acceptors (Lipinski definition) is 4. The number of furan rings is 1. The first kappa shape index (κ1) is 20.3. The minimum Gasteiger partial charge on any atom is -0.452 e. The Morgan fingerprint density at radius 1 is 1.20 bits per heavy atom. The highest BCUT2D eigenvalue weighted by Gasteiger charge is 2.21. The van der Waals surface area contributed by atoms with Gasteiger partial charge in [-0.15, -0.1) is 0 Å². The molecule has 0 radical (unpaired) electrons. The number of carbonyl (C=O) groups is 1. The molecule has 0 saturated carbocycles. The van der Waals surface area contributed by atoms with Gasteiger partial charge in [0.2, 0.25) is 0 Å². The van der Waals surface area contributed by atoms with Crippen LogP contribution in [0.25, 0.3) is 22.3 Å². The molecule has 0 atom stereocenters. The Labute approximate surface area is 183 Å². The number of carbonyl (C=O) groups excluding carboxylic acids is 1. The van der Waals surface area contributed by atoms with Crippen LogP contribution in [0.3, 0.4) is 0 Å². The molecule has 4 aromatic rings. The van der Waals surface area contributed by atoms with Gasteiger partial charge in [-0.25, -0.2) is 9.67 Å². The molecular weight excluding hydrogens is 444 g/mol. The van der Waals surface area contributed by atoms with Gasteiger partial charge in [0.1, 0.15) is 5.76 Å². The quantitative estimate of drug-likeness (QED) is 0.383. The molecule has 4 rings (SSSR count). The summed E-state index contributed by atoms with van der Waals surface area (Å²) in [6.07, 6.45) is 1.73. The number of pyridine rings is 1. The third-order valence-corrected chi connectivity index (χ3v) is 5.43. The molecule has 0 aliphatic carbocycles. The molecule has 0 aliphatic heterocycles. The van der Waals surface area contributed by atoms with Crippen LogP contribution in [0.5, 0.6) is 0 Å². The molecule has 154 valence electrons. The van der Waals surface area contributed by atoms with E-state index in [-0.39, 0.29) is 11.9 Å². The Morgan fingerprint density at radius 3 is 2.57 bits per heavy atom. The Hall–Kier alpha value is -2.93. The van der Waals surface area contributed by atoms with Gasteiger partial charge in [-0.3, -0.25) is 4.79 Å². The van der Waals surface area contributed by atoms with Gasteiger partial charge < -0.3 is 9.32 Å². The summed E-state index contributed by atoms with van der Waals surface area (Å²) in [7, 11) is 1.77. The Kier molecular flexibility index (Phi) is 5.47. The van der Waals surface area contributed by atoms with Gasteiger partial charge in [-0.1, -0.05) is 29.8 Å². The first-order valence-corrected chi connectivity index (χ1v) is 10.6. The fourth-order valence-corrected chi connectivity index (χ4v) is 3.73. The van der Waals surface area contributed by atoms with E-state index in [0.717, 1.165) is 16.6 Å². The van der Waals surface area contributed by atoms with E-state index in [4.69, 9.17) is 9.40 Å². The molecule has 0 bridgehead atoms. The van der Waals surface area contributed by atoms with Crippen molar-refractivity contribution in [2.75, 3.05) is 7.05 Å². The van der Waals surface area contributed by atoms with Crippen molar-refractivity contribution in [3.8, 4) is 11.3 Å². The smallest absolute Gasteiger partial charge is 0.254 e. The molecule has 0 saturated heterocycles. The molecular formula is C23H23BrN4O2. The monoisotopic (exact) mass is 466 g/mol. The Balaban J connectivity index is 1.80. The summed E-state index contributed by atoms with van der Waals surface area (Å²) in [6, 6.07) is 13.8. The Bertz CT molecular complexity index is 1210. The number of rotatable bonds is 5. The van der Waals surface area contributed by atoms with Gasteiger partial charge in [-0.05, 0) is 54.9 Å². The number of nitrogens with zero attached hydrogens (tertiary/aromatic N) is 4. The number of benzene rings is 1. The summed E-state index contributed by atoms with van der Waals surface area (Å²) >= 11 is 3.30. The lowest BCUT2D eigenvalue weighted by molar-refractivity contribution is 0.0777. The molecule has 1 amide bonds. The van der Waals surface area contributed by atoms with E-state index in [1.165, 1.54) is 5.56 Å². The van der Waals surface area contributed by atoms with Gasteiger partial charge in [0.05, 0.1) is 29.4 Å². The van der Waals surface area contributed by atoms with Crippen LogP contribution in [0.15, 0.2) is 57.7 Å². The van der Waals surface area contributed by atoms with Crippen molar-refractivity contribution >= 4 is 32.9 Å². The van der Waals surface area contributed by atoms with Crippen LogP contribution >= 0.6 is 15.9 Å². The van der Waals surface area contributed by atoms with Crippen molar-refractivity contribution in [2.24, 2.45) is 0 Å². The molecule has 6 nitrogen and oxygen atoms in total. The zero-order chi connectivity index (χ0) is 21.4. The van der Waals surface area contributed by atoms with E-state index in [0.29, 0.717) is 28.2 Å². The fourth-order valence-electron chi connectivity index (χ4n) is 3.39. The lowest BCUT2D eigenvalue weighted by atomic mass is 10.0. The molecule has 0 fully saturated rings. The van der Waals surface area contributed by atoms with Gasteiger partial charge in [-0.2, -0.15) is 5.10 Å². The first-order valence-electron chi connectivity index (χ1n) is 9.78. The molecule has 7 heteroatoms. The molecule has 0 N–H and O–H groups in total. The second-order valence-corrected chi connectivity index (χ2v) is 8.49. The molecule has 30 heavy (non-hydrogen) atoms. The number of fused-ring (bicyclic) bond motifs is 1. The highest BCUT2D eigenvalue weighted by molar-refractivity contribution is 9.10. The summed E-state index contributed by atoms with van der Waals surface area (Å²) in [6.45, 7) is 6.52. The van der Waals surface area contributed by atoms with Crippen LogP contribution in [0.1, 0.15) is 41.6 Å². The topological polar surface area (TPSA) is 64.2 Å². The van der Waals surface area contributed by atoms with Crippen LogP contribution < -0.4 is 0 Å². The third kappa shape index (κ3) is 3.89. The molecule has 3 heterocycles. The Morgan fingerprint density at radius 2 is 1.93 bits per heavy atom. The summed E-state index contributed by atoms with van der Waals surface area (Å²) < 4.78 is 8.06. The molecule has 0 spiro atoms. The minimum absolute atomic E-state index is 0.105. The second kappa shape index (κ2) is 8.07. The van der Waals surface area contributed by atoms with Crippen LogP contribution in [-0.2, 0) is 6.54 Å². The predicted octanol–water partition coefficient (Wildman–Crippen LogP) is 5.62. The van der Waals surface area contributed by atoms with Gasteiger partial charge in [0.25, 0.3) is 5.91 Å². The normalized spacial score (nSPS) is 11.4. The second-order valence-electron chi connectivity index (χ2n) is 7.71. The standard InChI is InChI=1S/C23H23BrN4O2/c1-14(2)28-22-19(12-25-28)18(11-20(26-22)16-7-5-15(3)6-8-16)23(29)27(4)13-17-9-10-21(24)30-17/h5-12,14H,13H2,1-4H3. The van der Waals surface area contributed by atoms with E-state index >= 15 is 0 Å². The van der Waals surface area contributed by atoms with Crippen LogP contribution in [0, 0.1) is 6.92 Å². The third-order valence-electron chi connectivity index (χ3n) is 5.00. The van der Waals surface area contributed by atoms with E-state index < -0.39 is 0 Å². The summed E-state index contributed by atoms with van der Waals surface area (Å²) in [5.41, 5.74) is 4.18. The van der Waals surface area contributed by atoms with Crippen molar-refractivity contribution in [3.63, 3.8) is 0 Å². The van der Waals surface area contributed by atoms with E-state index in [2.05, 4.69) is 34.9 Å². The predicted molar refractivity (Wildman–Crippen MR) is 120 cm³/mol. The number of amides is 1. The summed E-state index contributed by atoms with van der Waals surface area (Å²) in [5, 5.41) is 5.24. The molecule has 0 aliphatic rings. The van der Waals surface area contributed by atoms with Gasteiger partial charge in [0.15, 0.2) is 10.3 Å². The number of aromatic nitrogens is 3. The van der Waals surface area contributed by atoms with E-state index in [1.54, 1.807) is 18.1 Å². The van der Waals surface area contributed by atoms with Crippen molar-refractivity contribution in [2.45, 2.75) is 33.4 Å². The molecule has 3 aromatic heterocycles. The highest BCUT2D eigenvalue weighted by Crippen LogP contribution is 2.28. The van der Waals surface area contributed by atoms with Crippen molar-refractivity contribution in [1.29, 1.82) is 0 Å². The SMILES string of the molecule is Cc1ccc(-c2cc(C(=O)N(C)Cc3ccc(Br)o3)c3cnn(C(C)C)c3n2)cc1. The van der Waals surface area contributed by atoms with Gasteiger partial charge in [0, 0.05) is 18.7 Å². The maximum Gasteiger partial charge on any atom is 0.254 e. The summed E-state index contributed by atoms with van der Waals surface area (Å²) in [5.74, 6) is 0.603. The maximum absolute atomic E-state index is 13.4. The van der Waals surface area contributed by atoms with E-state index in [1.807, 2.05) is 54.1 Å². The average molecular weight is 467 g/mol. The first-order chi connectivity index (χ1) is 14.3. The van der Waals surface area contributed by atoms with Crippen LogP contribution in [0.2, 0.25) is 0 Å². The van der Waals surface area contributed by atoms with Crippen LogP contribution in [-0.4, -0.2) is 32.6 Å². The lowest BCUT2D eigenvalue weighted by Gasteiger charge is -2.17. The molecule has 1 aromatic carbocycles.